The predicted molar refractivity (Wildman–Crippen MR) is 332 cm³/mol. The number of hydrogen-bond donors (Lipinski definition) is 2. The first-order valence-corrected chi connectivity index (χ1v) is 32.4. The third kappa shape index (κ3) is 56.9. The van der Waals surface area contributed by atoms with Crippen LogP contribution in [0.4, 0.5) is 0 Å². The summed E-state index contributed by atoms with van der Waals surface area (Å²) in [5.74, 6) is -0.545. The van der Waals surface area contributed by atoms with Crippen LogP contribution in [0, 0.1) is 0 Å². The smallest absolute Gasteiger partial charge is 0.456 e. The van der Waals surface area contributed by atoms with Gasteiger partial charge in [0.1, 0.15) is 19.3 Å². The summed E-state index contributed by atoms with van der Waals surface area (Å²) < 4.78 is 30.6. The minimum absolute atomic E-state index is 0.0282. The fraction of sp³-hybridized carbons (Fsp3) is 0.672. The normalized spacial score (nSPS) is 14.5. The summed E-state index contributed by atoms with van der Waals surface area (Å²) in [7, 11) is 1.46. The molecule has 0 bridgehead atoms. The van der Waals surface area contributed by atoms with Crippen molar-refractivity contribution in [1.82, 2.24) is 5.32 Å². The molecular weight excluding hydrogens is 976 g/mol. The number of allylic oxidation sites excluding steroid dienone is 19. The molecule has 0 aromatic heterocycles. The number of esters is 1. The zero-order valence-corrected chi connectivity index (χ0v) is 51.1. The highest BCUT2D eigenvalue weighted by molar-refractivity contribution is 7.47. The lowest BCUT2D eigenvalue weighted by molar-refractivity contribution is -0.870. The quantitative estimate of drug-likeness (QED) is 0.0156. The number of phosphoric acid groups is 1. The lowest BCUT2D eigenvalue weighted by Crippen LogP contribution is -2.47. The number of quaternary nitrogens is 1. The Labute approximate surface area is 473 Å². The van der Waals surface area contributed by atoms with Crippen molar-refractivity contribution in [3.05, 3.63) is 122 Å². The topological polar surface area (TPSA) is 111 Å². The number of nitrogens with one attached hydrogen (secondary N) is 1. The van der Waals surface area contributed by atoms with E-state index >= 15 is 0 Å². The Hall–Kier alpha value is -3.59. The lowest BCUT2D eigenvalue weighted by Gasteiger charge is -2.27. The number of nitrogens with zero attached hydrogens (tertiary/aromatic N) is 1. The first-order chi connectivity index (χ1) is 37.4. The summed E-state index contributed by atoms with van der Waals surface area (Å²) in [4.78, 5) is 37.7. The van der Waals surface area contributed by atoms with Gasteiger partial charge < -0.3 is 19.4 Å². The second-order valence-corrected chi connectivity index (χ2v) is 23.0. The Morgan fingerprint density at radius 1 is 0.481 bits per heavy atom. The number of amides is 1. The summed E-state index contributed by atoms with van der Waals surface area (Å²) in [5, 5.41) is 3.04. The molecule has 9 nitrogen and oxygen atoms in total. The largest absolute Gasteiger partial charge is 0.472 e. The maximum Gasteiger partial charge on any atom is 0.472 e. The second-order valence-electron chi connectivity index (χ2n) is 21.5. The number of carbonyl (C=O) groups excluding carboxylic acids is 2. The zero-order valence-electron chi connectivity index (χ0n) is 50.2. The van der Waals surface area contributed by atoms with Crippen LogP contribution in [0.3, 0.4) is 0 Å². The highest BCUT2D eigenvalue weighted by Crippen LogP contribution is 2.43. The third-order valence-electron chi connectivity index (χ3n) is 13.0. The van der Waals surface area contributed by atoms with Crippen LogP contribution in [0.1, 0.15) is 239 Å². The van der Waals surface area contributed by atoms with Crippen molar-refractivity contribution in [2.24, 2.45) is 0 Å². The van der Waals surface area contributed by atoms with Gasteiger partial charge in [-0.15, -0.1) is 0 Å². The first-order valence-electron chi connectivity index (χ1n) is 30.9. The van der Waals surface area contributed by atoms with Crippen molar-refractivity contribution in [2.75, 3.05) is 40.9 Å². The van der Waals surface area contributed by atoms with E-state index in [4.69, 9.17) is 13.8 Å². The Kier molecular flexibility index (Phi) is 53.1. The number of phosphoric ester groups is 1. The Bertz CT molecular complexity index is 1730. The van der Waals surface area contributed by atoms with Crippen LogP contribution in [-0.4, -0.2) is 74.3 Å². The molecule has 0 aliphatic heterocycles. The van der Waals surface area contributed by atoms with E-state index in [1.807, 2.05) is 33.3 Å². The average Bonchev–Trinajstić information content (AvgIpc) is 3.39. The number of likely N-dealkylation sites (N-methyl/N-ethyl adjacent to an activating group) is 1. The van der Waals surface area contributed by atoms with Crippen molar-refractivity contribution in [3.8, 4) is 0 Å². The molecule has 3 unspecified atom stereocenters. The van der Waals surface area contributed by atoms with Crippen LogP contribution >= 0.6 is 7.82 Å². The molecule has 10 heteroatoms. The van der Waals surface area contributed by atoms with Crippen LogP contribution < -0.4 is 5.32 Å². The third-order valence-corrected chi connectivity index (χ3v) is 13.9. The molecule has 0 saturated carbocycles. The molecule has 0 aromatic rings. The van der Waals surface area contributed by atoms with E-state index in [1.54, 1.807) is 0 Å². The minimum atomic E-state index is -4.46. The molecule has 440 valence electrons. The predicted octanol–water partition coefficient (Wildman–Crippen LogP) is 19.1. The molecule has 1 amide bonds. The highest BCUT2D eigenvalue weighted by Gasteiger charge is 2.30. The summed E-state index contributed by atoms with van der Waals surface area (Å²) in [6.07, 6.45) is 77.7. The monoisotopic (exact) mass is 1090 g/mol. The van der Waals surface area contributed by atoms with Gasteiger partial charge in [-0.05, 0) is 102 Å². The molecule has 0 aromatic carbocycles. The van der Waals surface area contributed by atoms with E-state index < -0.39 is 20.0 Å². The van der Waals surface area contributed by atoms with Gasteiger partial charge >= 0.3 is 13.8 Å². The van der Waals surface area contributed by atoms with Gasteiger partial charge in [-0.3, -0.25) is 18.6 Å². The molecule has 0 radical (unpaired) electrons. The van der Waals surface area contributed by atoms with Gasteiger partial charge in [-0.2, -0.15) is 0 Å². The number of hydrogen-bond acceptors (Lipinski definition) is 6. The van der Waals surface area contributed by atoms with Crippen LogP contribution in [0.5, 0.6) is 0 Å². The van der Waals surface area contributed by atoms with Gasteiger partial charge in [-0.1, -0.05) is 245 Å². The molecule has 77 heavy (non-hydrogen) atoms. The van der Waals surface area contributed by atoms with Gasteiger partial charge in [0, 0.05) is 12.8 Å². The molecule has 0 heterocycles. The molecule has 3 atom stereocenters. The maximum atomic E-state index is 13.5. The lowest BCUT2D eigenvalue weighted by atomic mass is 10.1. The van der Waals surface area contributed by atoms with Crippen molar-refractivity contribution >= 4 is 19.7 Å². The standard InChI is InChI=1S/C67H115N2O7P/c1-7-10-13-16-19-22-25-27-29-30-31-32-33-34-35-36-37-38-40-41-44-47-50-53-56-59-66(70)68-64(63-75-77(72,73)74-62-61-69(4,5)6)65(58-55-52-49-46-43-24-21-18-15-12-9-3)76-67(71)60-57-54-51-48-45-42-39-28-26-23-20-17-14-11-8-2/h10-11,13-14,17,19-20,22-23,26-27,29,31-32,34-35,37-38,55,58,64-65H,7-9,12,15-16,18,21,24-25,28,30,33,36,39-54,56-57,59-63H2,1-6H3,(H-,68,70,72,73)/p+1/b13-10-,14-11+,20-17+,22-19-,26-23+,29-27-,32-31-,35-34-,38-37-,58-55-. The van der Waals surface area contributed by atoms with Crippen LogP contribution in [0.15, 0.2) is 122 Å². The Morgan fingerprint density at radius 3 is 1.39 bits per heavy atom. The number of ether oxygens (including phenoxy) is 1. The average molecular weight is 1090 g/mol. The minimum Gasteiger partial charge on any atom is -0.456 e. The van der Waals surface area contributed by atoms with Gasteiger partial charge in [0.05, 0.1) is 33.8 Å². The van der Waals surface area contributed by atoms with Crippen LogP contribution in [0.25, 0.3) is 0 Å². The van der Waals surface area contributed by atoms with Gasteiger partial charge in [0.15, 0.2) is 0 Å². The fourth-order valence-electron chi connectivity index (χ4n) is 8.24. The van der Waals surface area contributed by atoms with Gasteiger partial charge in [0.25, 0.3) is 0 Å². The maximum absolute atomic E-state index is 13.5. The highest BCUT2D eigenvalue weighted by atomic mass is 31.2. The van der Waals surface area contributed by atoms with E-state index in [9.17, 15) is 19.0 Å². The number of rotatable bonds is 54. The molecule has 0 aliphatic carbocycles. The van der Waals surface area contributed by atoms with Crippen LogP contribution in [-0.2, 0) is 27.9 Å². The van der Waals surface area contributed by atoms with Crippen molar-refractivity contribution in [3.63, 3.8) is 0 Å². The number of unbranched alkanes of at least 4 members (excludes halogenated alkanes) is 22. The van der Waals surface area contributed by atoms with E-state index in [-0.39, 0.29) is 31.5 Å². The molecular formula is C67H116N2O7P+. The van der Waals surface area contributed by atoms with Crippen molar-refractivity contribution < 1.29 is 37.3 Å². The SMILES string of the molecule is CC/C=C\C/C=C\C/C=C\C/C=C\C/C=C\C/C=C\CCCCCCCCC(=O)NC(COP(=O)(O)OCC[N+](C)(C)C)C(/C=C\CCCCCCCCCCC)OC(=O)CCCCCCCCC/C=C/C=C/C=C/CC. The van der Waals surface area contributed by atoms with Crippen molar-refractivity contribution in [2.45, 2.75) is 251 Å². The molecule has 0 rings (SSSR count). The van der Waals surface area contributed by atoms with E-state index in [0.29, 0.717) is 17.4 Å². The summed E-state index contributed by atoms with van der Waals surface area (Å²) in [6.45, 7) is 6.72. The molecule has 0 aliphatic rings. The van der Waals surface area contributed by atoms with Gasteiger partial charge in [0.2, 0.25) is 5.91 Å². The van der Waals surface area contributed by atoms with E-state index in [1.165, 1.54) is 64.2 Å². The molecule has 0 fully saturated rings. The zero-order chi connectivity index (χ0) is 56.4. The molecule has 2 N–H and O–H groups in total. The second kappa shape index (κ2) is 55.7. The molecule has 0 saturated heterocycles. The molecule has 0 spiro atoms. The van der Waals surface area contributed by atoms with E-state index in [0.717, 1.165) is 141 Å². The summed E-state index contributed by atoms with van der Waals surface area (Å²) >= 11 is 0. The number of carbonyl (C=O) groups is 2. The van der Waals surface area contributed by atoms with Crippen molar-refractivity contribution in [1.29, 1.82) is 0 Å². The Balaban J connectivity index is 5.21. The first kappa shape index (κ1) is 73.4. The summed E-state index contributed by atoms with van der Waals surface area (Å²) in [5.41, 5.74) is 0. The van der Waals surface area contributed by atoms with E-state index in [2.05, 4.69) is 135 Å². The van der Waals surface area contributed by atoms with Gasteiger partial charge in [-0.25, -0.2) is 4.57 Å². The van der Waals surface area contributed by atoms with Crippen LogP contribution in [0.2, 0.25) is 0 Å². The Morgan fingerprint density at radius 2 is 0.896 bits per heavy atom. The summed E-state index contributed by atoms with van der Waals surface area (Å²) in [6, 6.07) is -0.869. The fourth-order valence-corrected chi connectivity index (χ4v) is 8.97.